The zero-order valence-electron chi connectivity index (χ0n) is 7.63. The van der Waals surface area contributed by atoms with Crippen molar-refractivity contribution >= 4 is 6.47 Å². The normalized spacial score (nSPS) is 10.0. The van der Waals surface area contributed by atoms with Gasteiger partial charge in [-0.2, -0.15) is 18.2 Å². The minimum Gasteiger partial charge on any atom is -0.554 e. The number of hydrogen-bond donors (Lipinski definition) is 0. The van der Waals surface area contributed by atoms with Crippen molar-refractivity contribution in [1.82, 2.24) is 0 Å². The number of allylic oxidation sites excluding steroid dienone is 4. The zero-order chi connectivity index (χ0) is 9.78. The van der Waals surface area contributed by atoms with Gasteiger partial charge in [0.15, 0.2) is 0 Å². The van der Waals surface area contributed by atoms with Gasteiger partial charge in [0.1, 0.15) is 0 Å². The Labute approximate surface area is 94.5 Å². The maximum absolute atomic E-state index is 8.25. The smallest absolute Gasteiger partial charge is 0.554 e. The van der Waals surface area contributed by atoms with E-state index < -0.39 is 6.47 Å². The van der Waals surface area contributed by atoms with Gasteiger partial charge in [-0.15, -0.1) is 0 Å². The molecule has 1 radical (unpaired) electrons. The van der Waals surface area contributed by atoms with Crippen LogP contribution in [0.4, 0.5) is 0 Å². The first-order valence-corrected chi connectivity index (χ1v) is 3.95. The topological polar surface area (TPSA) is 40.1 Å². The number of rotatable bonds is 0. The molecule has 1 aliphatic carbocycles. The first-order chi connectivity index (χ1) is 6.41. The van der Waals surface area contributed by atoms with Crippen LogP contribution in [0.5, 0.6) is 0 Å². The van der Waals surface area contributed by atoms with E-state index in [9.17, 15) is 0 Å². The molecule has 2 rings (SSSR count). The quantitative estimate of drug-likeness (QED) is 0.502. The Morgan fingerprint density at radius 1 is 1.14 bits per heavy atom. The second-order valence-electron chi connectivity index (χ2n) is 2.15. The molecule has 77 valence electrons. The summed E-state index contributed by atoms with van der Waals surface area (Å²) in [6, 6.07) is 10.0. The fourth-order valence-electron chi connectivity index (χ4n) is 0.714. The number of carboxylic acid groups (broad SMARTS) is 1. The summed E-state index contributed by atoms with van der Waals surface area (Å²) in [6.07, 6.45) is 9.50. The van der Waals surface area contributed by atoms with E-state index in [4.69, 9.17) is 9.90 Å². The van der Waals surface area contributed by atoms with Gasteiger partial charge in [-0.05, 0) is 6.42 Å². The van der Waals surface area contributed by atoms with Crippen molar-refractivity contribution in [3.8, 4) is 0 Å². The zero-order valence-corrected chi connectivity index (χ0v) is 8.67. The van der Waals surface area contributed by atoms with Crippen molar-refractivity contribution in [1.29, 1.82) is 0 Å². The van der Waals surface area contributed by atoms with Crippen LogP contribution >= 0.6 is 0 Å². The van der Waals surface area contributed by atoms with Gasteiger partial charge >= 0.3 is 16.8 Å². The van der Waals surface area contributed by atoms with Crippen LogP contribution in [0.3, 0.4) is 0 Å². The maximum atomic E-state index is 8.25. The number of carbonyl (C=O) groups is 1. The Kier molecular flexibility index (Phi) is 15.7. The standard InChI is InChI=1S/C5H6.C5H5.CH2O2.Co/c2*1-2-4-5-3-1;2-1-3;/h1-4H,5H2;1-5H;1H,(H,2,3);/q;-1;;+2/p-1. The average Bonchev–Trinajstić information content (AvgIpc) is 2.85. The summed E-state index contributed by atoms with van der Waals surface area (Å²) in [5.41, 5.74) is 0. The van der Waals surface area contributed by atoms with E-state index in [1.54, 1.807) is 0 Å². The van der Waals surface area contributed by atoms with Gasteiger partial charge in [0.05, 0.1) is 0 Å². The predicted octanol–water partition coefficient (Wildman–Crippen LogP) is 1.27. The van der Waals surface area contributed by atoms with Gasteiger partial charge in [-0.25, -0.2) is 12.1 Å². The summed E-state index contributed by atoms with van der Waals surface area (Å²) >= 11 is 0. The van der Waals surface area contributed by atoms with Crippen LogP contribution in [0.2, 0.25) is 0 Å². The second-order valence-corrected chi connectivity index (χ2v) is 2.15. The van der Waals surface area contributed by atoms with Crippen LogP contribution in [0, 0.1) is 0 Å². The molecule has 0 atom stereocenters. The summed E-state index contributed by atoms with van der Waals surface area (Å²) in [7, 11) is 0. The van der Waals surface area contributed by atoms with Crippen LogP contribution < -0.4 is 5.11 Å². The molecule has 14 heavy (non-hydrogen) atoms. The molecule has 1 aliphatic rings. The van der Waals surface area contributed by atoms with E-state index >= 15 is 0 Å². The molecule has 0 aliphatic heterocycles. The van der Waals surface area contributed by atoms with Gasteiger partial charge in [0, 0.05) is 6.47 Å². The van der Waals surface area contributed by atoms with Gasteiger partial charge in [0.2, 0.25) is 0 Å². The number of hydrogen-bond acceptors (Lipinski definition) is 2. The van der Waals surface area contributed by atoms with Crippen LogP contribution in [-0.4, -0.2) is 6.47 Å². The first-order valence-electron chi connectivity index (χ1n) is 3.95. The Morgan fingerprint density at radius 3 is 1.71 bits per heavy atom. The van der Waals surface area contributed by atoms with Gasteiger partial charge in [-0.1, -0.05) is 24.3 Å². The van der Waals surface area contributed by atoms with Crippen LogP contribution in [0.15, 0.2) is 54.6 Å². The Hall–Kier alpha value is -1.19. The second kappa shape index (κ2) is 14.3. The molecule has 2 nitrogen and oxygen atoms in total. The minimum atomic E-state index is -0.500. The van der Waals surface area contributed by atoms with E-state index in [1.807, 2.05) is 30.3 Å². The Bertz CT molecular complexity index is 211. The molecule has 0 aromatic heterocycles. The fraction of sp³-hybridized carbons (Fsp3) is 0.0909. The SMILES string of the molecule is C1=CCC=C1.O=C[O-].[Co+2].c1cc[cH-]c1. The number of carbonyl (C=O) groups excluding carboxylic acids is 1. The van der Waals surface area contributed by atoms with Gasteiger partial charge < -0.3 is 9.90 Å². The fourth-order valence-corrected chi connectivity index (χ4v) is 0.714. The third-order valence-corrected chi connectivity index (χ3v) is 1.21. The molecule has 0 saturated heterocycles. The molecule has 0 unspecified atom stereocenters. The molecule has 0 N–H and O–H groups in total. The molecular formula is C11H12CoO2. The molecule has 0 bridgehead atoms. The van der Waals surface area contributed by atoms with Crippen LogP contribution in [0.25, 0.3) is 0 Å². The molecule has 0 saturated carbocycles. The third kappa shape index (κ3) is 13.4. The average molecular weight is 235 g/mol. The first kappa shape index (κ1) is 15.3. The molecule has 0 spiro atoms. The Morgan fingerprint density at radius 2 is 1.57 bits per heavy atom. The summed E-state index contributed by atoms with van der Waals surface area (Å²) in [6.45, 7) is -0.500. The molecule has 0 amide bonds. The van der Waals surface area contributed by atoms with Gasteiger partial charge in [0.25, 0.3) is 0 Å². The van der Waals surface area contributed by atoms with Crippen molar-refractivity contribution in [2.75, 3.05) is 0 Å². The van der Waals surface area contributed by atoms with E-state index in [2.05, 4.69) is 24.3 Å². The van der Waals surface area contributed by atoms with E-state index in [1.165, 1.54) is 0 Å². The largest absolute Gasteiger partial charge is 2.00 e. The van der Waals surface area contributed by atoms with Crippen molar-refractivity contribution < 1.29 is 26.7 Å². The molecule has 1 aromatic rings. The summed E-state index contributed by atoms with van der Waals surface area (Å²) in [5, 5.41) is 8.25. The van der Waals surface area contributed by atoms with Gasteiger partial charge in [-0.3, -0.25) is 0 Å². The van der Waals surface area contributed by atoms with Crippen molar-refractivity contribution in [3.05, 3.63) is 54.6 Å². The molecular weight excluding hydrogens is 223 g/mol. The van der Waals surface area contributed by atoms with E-state index in [-0.39, 0.29) is 16.8 Å². The van der Waals surface area contributed by atoms with Crippen molar-refractivity contribution in [2.45, 2.75) is 6.42 Å². The monoisotopic (exact) mass is 235 g/mol. The predicted molar refractivity (Wildman–Crippen MR) is 51.0 cm³/mol. The summed E-state index contributed by atoms with van der Waals surface area (Å²) in [4.78, 5) is 8.25. The summed E-state index contributed by atoms with van der Waals surface area (Å²) in [5.74, 6) is 0. The van der Waals surface area contributed by atoms with E-state index in [0.717, 1.165) is 6.42 Å². The van der Waals surface area contributed by atoms with Crippen molar-refractivity contribution in [2.24, 2.45) is 0 Å². The van der Waals surface area contributed by atoms with E-state index in [0.29, 0.717) is 0 Å². The molecule has 3 heteroatoms. The summed E-state index contributed by atoms with van der Waals surface area (Å²) < 4.78 is 0. The van der Waals surface area contributed by atoms with Crippen LogP contribution in [0.1, 0.15) is 6.42 Å². The maximum Gasteiger partial charge on any atom is 2.00 e. The third-order valence-electron chi connectivity index (χ3n) is 1.21. The molecule has 0 fully saturated rings. The minimum absolute atomic E-state index is 0. The van der Waals surface area contributed by atoms with Crippen LogP contribution in [-0.2, 0) is 21.6 Å². The van der Waals surface area contributed by atoms with Crippen molar-refractivity contribution in [3.63, 3.8) is 0 Å². The molecule has 1 aromatic carbocycles. The molecule has 0 heterocycles. The Balaban J connectivity index is 0.